The molecule has 1 aromatic heterocycles. The van der Waals surface area contributed by atoms with E-state index in [-0.39, 0.29) is 5.91 Å². The van der Waals surface area contributed by atoms with Gasteiger partial charge in [-0.3, -0.25) is 4.79 Å². The smallest absolute Gasteiger partial charge is 0.253 e. The summed E-state index contributed by atoms with van der Waals surface area (Å²) in [5, 5.41) is 3.27. The van der Waals surface area contributed by atoms with Crippen LogP contribution in [-0.2, 0) is 0 Å². The highest BCUT2D eigenvalue weighted by atomic mass is 16.5. The van der Waals surface area contributed by atoms with Gasteiger partial charge >= 0.3 is 0 Å². The number of rotatable bonds is 5. The molecule has 3 aromatic rings. The number of carbonyl (C=O) groups excluding carboxylic acids is 1. The van der Waals surface area contributed by atoms with Crippen LogP contribution in [0.3, 0.4) is 0 Å². The van der Waals surface area contributed by atoms with E-state index in [2.05, 4.69) is 22.0 Å². The molecule has 1 saturated carbocycles. The lowest BCUT2D eigenvalue weighted by Gasteiger charge is -2.22. The fraction of sp³-hybridized carbons (Fsp3) is 0.320. The van der Waals surface area contributed by atoms with Gasteiger partial charge in [-0.15, -0.1) is 0 Å². The van der Waals surface area contributed by atoms with E-state index in [0.29, 0.717) is 6.04 Å². The Morgan fingerprint density at radius 1 is 1.00 bits per heavy atom. The zero-order chi connectivity index (χ0) is 20.2. The third-order valence-electron chi connectivity index (χ3n) is 5.83. The molecule has 1 amide bonds. The van der Waals surface area contributed by atoms with Gasteiger partial charge in [-0.1, -0.05) is 37.5 Å². The van der Waals surface area contributed by atoms with Gasteiger partial charge in [0, 0.05) is 17.4 Å². The molecule has 0 spiro atoms. The van der Waals surface area contributed by atoms with Gasteiger partial charge in [-0.05, 0) is 67.8 Å². The summed E-state index contributed by atoms with van der Waals surface area (Å²) in [5.41, 5.74) is 4.80. The highest BCUT2D eigenvalue weighted by Crippen LogP contribution is 2.31. The van der Waals surface area contributed by atoms with Crippen LogP contribution in [0.15, 0.2) is 60.7 Å². The second-order valence-corrected chi connectivity index (χ2v) is 7.74. The summed E-state index contributed by atoms with van der Waals surface area (Å²) in [4.78, 5) is 13.1. The summed E-state index contributed by atoms with van der Waals surface area (Å²) in [5.74, 6) is 0.845. The lowest BCUT2D eigenvalue weighted by molar-refractivity contribution is 0.0927. The van der Waals surface area contributed by atoms with Gasteiger partial charge in [0.05, 0.1) is 18.4 Å². The zero-order valence-corrected chi connectivity index (χ0v) is 17.2. The number of hydrogen-bond donors (Lipinski definition) is 1. The normalized spacial score (nSPS) is 14.6. The van der Waals surface area contributed by atoms with Crippen LogP contribution in [-0.4, -0.2) is 23.6 Å². The third kappa shape index (κ3) is 4.07. The number of aromatic nitrogens is 1. The predicted octanol–water partition coefficient (Wildman–Crippen LogP) is 5.52. The van der Waals surface area contributed by atoms with Gasteiger partial charge in [0.1, 0.15) is 5.75 Å². The van der Waals surface area contributed by atoms with Crippen LogP contribution in [0.1, 0.15) is 48.2 Å². The maximum Gasteiger partial charge on any atom is 0.253 e. The summed E-state index contributed by atoms with van der Waals surface area (Å²) in [6.07, 6.45) is 5.83. The highest BCUT2D eigenvalue weighted by Gasteiger charge is 2.22. The van der Waals surface area contributed by atoms with Gasteiger partial charge in [0.25, 0.3) is 5.91 Å². The van der Waals surface area contributed by atoms with Crippen molar-refractivity contribution < 1.29 is 9.53 Å². The van der Waals surface area contributed by atoms with Crippen molar-refractivity contribution in [2.75, 3.05) is 7.11 Å². The first kappa shape index (κ1) is 19.3. The average molecular weight is 389 g/mol. The van der Waals surface area contributed by atoms with E-state index in [1.165, 1.54) is 19.3 Å². The quantitative estimate of drug-likeness (QED) is 0.625. The molecule has 0 saturated heterocycles. The van der Waals surface area contributed by atoms with Gasteiger partial charge in [-0.25, -0.2) is 0 Å². The van der Waals surface area contributed by atoms with Crippen molar-refractivity contribution in [3.63, 3.8) is 0 Å². The van der Waals surface area contributed by atoms with E-state index < -0.39 is 0 Å². The first-order chi connectivity index (χ1) is 14.2. The molecule has 1 fully saturated rings. The Kier molecular flexibility index (Phi) is 5.70. The van der Waals surface area contributed by atoms with E-state index >= 15 is 0 Å². The molecular formula is C25H28N2O2. The van der Waals surface area contributed by atoms with Crippen molar-refractivity contribution in [3.05, 3.63) is 71.9 Å². The van der Waals surface area contributed by atoms with E-state index in [1.54, 1.807) is 7.11 Å². The van der Waals surface area contributed by atoms with Crippen molar-refractivity contribution in [2.45, 2.75) is 45.1 Å². The molecule has 0 aliphatic heterocycles. The zero-order valence-electron chi connectivity index (χ0n) is 17.2. The molecule has 0 bridgehead atoms. The molecular weight excluding hydrogens is 360 g/mol. The summed E-state index contributed by atoms with van der Waals surface area (Å²) >= 11 is 0. The van der Waals surface area contributed by atoms with E-state index in [4.69, 9.17) is 4.74 Å². The number of ether oxygens (including phenoxy) is 1. The molecule has 0 atom stereocenters. The lowest BCUT2D eigenvalue weighted by Crippen LogP contribution is -2.36. The minimum Gasteiger partial charge on any atom is -0.497 e. The van der Waals surface area contributed by atoms with Crippen molar-refractivity contribution >= 4 is 5.91 Å². The van der Waals surface area contributed by atoms with E-state index in [9.17, 15) is 4.79 Å². The Morgan fingerprint density at radius 2 is 1.69 bits per heavy atom. The van der Waals surface area contributed by atoms with Crippen LogP contribution in [0, 0.1) is 6.92 Å². The molecule has 1 heterocycles. The molecule has 0 radical (unpaired) electrons. The number of methoxy groups -OCH3 is 1. The Bertz CT molecular complexity index is 968. The number of nitrogens with zero attached hydrogens (tertiary/aromatic N) is 1. The largest absolute Gasteiger partial charge is 0.497 e. The van der Waals surface area contributed by atoms with E-state index in [1.807, 2.05) is 55.5 Å². The summed E-state index contributed by atoms with van der Waals surface area (Å²) < 4.78 is 7.47. The maximum atomic E-state index is 13.1. The first-order valence-electron chi connectivity index (χ1n) is 10.4. The number of para-hydroxylation sites is 1. The Morgan fingerprint density at radius 3 is 2.34 bits per heavy atom. The van der Waals surface area contributed by atoms with Gasteiger partial charge in [0.15, 0.2) is 0 Å². The van der Waals surface area contributed by atoms with Crippen molar-refractivity contribution in [3.8, 4) is 22.7 Å². The van der Waals surface area contributed by atoms with Gasteiger partial charge in [-0.2, -0.15) is 0 Å². The number of nitrogens with one attached hydrogen (secondary N) is 1. The van der Waals surface area contributed by atoms with Crippen molar-refractivity contribution in [2.24, 2.45) is 0 Å². The number of amides is 1. The lowest BCUT2D eigenvalue weighted by atomic mass is 9.95. The summed E-state index contributed by atoms with van der Waals surface area (Å²) in [7, 11) is 1.67. The molecule has 1 aliphatic rings. The molecule has 1 N–H and O–H groups in total. The number of carbonyl (C=O) groups is 1. The van der Waals surface area contributed by atoms with Crippen LogP contribution in [0.4, 0.5) is 0 Å². The maximum absolute atomic E-state index is 13.1. The van der Waals surface area contributed by atoms with Crippen molar-refractivity contribution in [1.29, 1.82) is 0 Å². The minimum atomic E-state index is 0.0267. The van der Waals surface area contributed by atoms with Crippen molar-refractivity contribution in [1.82, 2.24) is 9.88 Å². The average Bonchev–Trinajstić information content (AvgIpc) is 3.12. The Hall–Kier alpha value is -3.01. The van der Waals surface area contributed by atoms with Crippen LogP contribution in [0.2, 0.25) is 0 Å². The summed E-state index contributed by atoms with van der Waals surface area (Å²) in [6.45, 7) is 2.02. The standard InChI is InChI=1S/C25H28N2O2/c1-18-23(25(28)26-20-9-5-3-6-10-20)17-24(19-13-15-22(29-2)16-14-19)27(18)21-11-7-4-8-12-21/h4,7-8,11-17,20H,3,5-6,9-10H2,1-2H3,(H,26,28). The second kappa shape index (κ2) is 8.56. The van der Waals surface area contributed by atoms with Crippen LogP contribution in [0.25, 0.3) is 16.9 Å². The Labute approximate surface area is 172 Å². The molecule has 2 aromatic carbocycles. The summed E-state index contributed by atoms with van der Waals surface area (Å²) in [6, 6.07) is 20.5. The molecule has 29 heavy (non-hydrogen) atoms. The molecule has 4 rings (SSSR count). The monoisotopic (exact) mass is 388 g/mol. The highest BCUT2D eigenvalue weighted by molar-refractivity contribution is 5.97. The molecule has 4 heteroatoms. The SMILES string of the molecule is COc1ccc(-c2cc(C(=O)NC3CCCCC3)c(C)n2-c2ccccc2)cc1. The molecule has 150 valence electrons. The fourth-order valence-corrected chi connectivity index (χ4v) is 4.23. The third-order valence-corrected chi connectivity index (χ3v) is 5.83. The number of benzene rings is 2. The topological polar surface area (TPSA) is 43.3 Å². The van der Waals surface area contributed by atoms with Gasteiger partial charge in [0.2, 0.25) is 0 Å². The van der Waals surface area contributed by atoms with Gasteiger partial charge < -0.3 is 14.6 Å². The predicted molar refractivity (Wildman–Crippen MR) is 117 cm³/mol. The van der Waals surface area contributed by atoms with E-state index in [0.717, 1.165) is 46.8 Å². The van der Waals surface area contributed by atoms with Crippen LogP contribution < -0.4 is 10.1 Å². The Balaban J connectivity index is 1.74. The first-order valence-corrected chi connectivity index (χ1v) is 10.4. The van der Waals surface area contributed by atoms with Crippen LogP contribution in [0.5, 0.6) is 5.75 Å². The molecule has 1 aliphatic carbocycles. The second-order valence-electron chi connectivity index (χ2n) is 7.74. The fourth-order valence-electron chi connectivity index (χ4n) is 4.23. The number of hydrogen-bond acceptors (Lipinski definition) is 2. The van der Waals surface area contributed by atoms with Crippen LogP contribution >= 0.6 is 0 Å². The minimum absolute atomic E-state index is 0.0267. The molecule has 0 unspecified atom stereocenters. The molecule has 4 nitrogen and oxygen atoms in total.